The second-order valence-electron chi connectivity index (χ2n) is 9.71. The van der Waals surface area contributed by atoms with Gasteiger partial charge in [0.15, 0.2) is 6.29 Å². The molecule has 2 saturated heterocycles. The summed E-state index contributed by atoms with van der Waals surface area (Å²) in [6.07, 6.45) is -13.5. The summed E-state index contributed by atoms with van der Waals surface area (Å²) in [5, 5.41) is 62.9. The molecule has 0 spiro atoms. The molecule has 0 amide bonds. The first-order chi connectivity index (χ1) is 16.6. The summed E-state index contributed by atoms with van der Waals surface area (Å²) in [7, 11) is -3.80. The average Bonchev–Trinajstić information content (AvgIpc) is 3.06. The lowest BCUT2D eigenvalue weighted by Crippen LogP contribution is -2.69. The minimum Gasteiger partial charge on any atom is -0.391 e. The fourth-order valence-corrected chi connectivity index (χ4v) is 5.54. The third-order valence-corrected chi connectivity index (χ3v) is 7.46. The Morgan fingerprint density at radius 2 is 1.78 bits per heavy atom. The Kier molecular flexibility index (Phi) is 9.35. The van der Waals surface area contributed by atoms with E-state index in [2.05, 4.69) is 4.72 Å². The minimum absolute atomic E-state index is 0.144. The first-order valence-corrected chi connectivity index (χ1v) is 13.4. The highest BCUT2D eigenvalue weighted by atomic mass is 32.2. The van der Waals surface area contributed by atoms with Gasteiger partial charge < -0.3 is 66.8 Å². The number of hydrogen-bond acceptors (Lipinski definition) is 15. The fraction of sp³-hybridized carbons (Fsp3) is 1.00. The Balaban J connectivity index is 1.90. The molecule has 0 aromatic heterocycles. The molecule has 3 rings (SSSR count). The van der Waals surface area contributed by atoms with Crippen LogP contribution in [-0.4, -0.2) is 144 Å². The number of nitrogens with one attached hydrogen (secondary N) is 1. The van der Waals surface area contributed by atoms with Gasteiger partial charge in [-0.25, -0.2) is 13.1 Å². The van der Waals surface area contributed by atoms with Crippen molar-refractivity contribution in [1.29, 1.82) is 0 Å². The molecule has 2 heterocycles. The number of aliphatic hydroxyl groups excluding tert-OH is 5. The highest BCUT2D eigenvalue weighted by molar-refractivity contribution is 7.88. The van der Waals surface area contributed by atoms with Crippen LogP contribution in [0.4, 0.5) is 0 Å². The molecule has 0 radical (unpaired) electrons. The largest absolute Gasteiger partial charge is 0.391 e. The summed E-state index contributed by atoms with van der Waals surface area (Å²) < 4.78 is 48.3. The van der Waals surface area contributed by atoms with Crippen LogP contribution in [0.3, 0.4) is 0 Å². The van der Waals surface area contributed by atoms with Gasteiger partial charge in [0, 0.05) is 12.6 Å². The lowest BCUT2D eigenvalue weighted by Gasteiger charge is -2.49. The van der Waals surface area contributed by atoms with E-state index < -0.39 is 102 Å². The quantitative estimate of drug-likeness (QED) is 0.127. The van der Waals surface area contributed by atoms with Crippen LogP contribution < -0.4 is 21.9 Å². The Morgan fingerprint density at radius 3 is 2.31 bits per heavy atom. The number of nitrogens with two attached hydrogens (primary N) is 3. The molecule has 0 aromatic carbocycles. The van der Waals surface area contributed by atoms with Crippen molar-refractivity contribution in [3.63, 3.8) is 0 Å². The SMILES string of the molecule is C[C@@H](O)C1O[C@H](O[C@@H]2C(N)C[C@@H](NS(C)(=O)=O)C(O)C2O[C@]2(O)CO[C@H](CN)C2O)C(N)C(O)[C@@H]1O. The van der Waals surface area contributed by atoms with Gasteiger partial charge >= 0.3 is 0 Å². The molecule has 212 valence electrons. The summed E-state index contributed by atoms with van der Waals surface area (Å²) in [4.78, 5) is 0. The van der Waals surface area contributed by atoms with Crippen molar-refractivity contribution < 1.29 is 58.0 Å². The predicted molar refractivity (Wildman–Crippen MR) is 120 cm³/mol. The van der Waals surface area contributed by atoms with Crippen LogP contribution in [-0.2, 0) is 29.0 Å². The first-order valence-electron chi connectivity index (χ1n) is 11.5. The summed E-state index contributed by atoms with van der Waals surface area (Å²) in [6.45, 7) is 0.645. The van der Waals surface area contributed by atoms with E-state index in [9.17, 15) is 39.1 Å². The van der Waals surface area contributed by atoms with Gasteiger partial charge in [-0.15, -0.1) is 0 Å². The lowest BCUT2D eigenvalue weighted by molar-refractivity contribution is -0.333. The van der Waals surface area contributed by atoms with Gasteiger partial charge in [0.05, 0.1) is 30.5 Å². The zero-order chi connectivity index (χ0) is 27.2. The average molecular weight is 547 g/mol. The third kappa shape index (κ3) is 6.16. The molecule has 0 aromatic rings. The van der Waals surface area contributed by atoms with Crippen molar-refractivity contribution in [1.82, 2.24) is 4.72 Å². The minimum atomic E-state index is -3.80. The van der Waals surface area contributed by atoms with E-state index in [-0.39, 0.29) is 13.0 Å². The van der Waals surface area contributed by atoms with Gasteiger partial charge in [0.25, 0.3) is 0 Å². The van der Waals surface area contributed by atoms with Crippen molar-refractivity contribution in [2.24, 2.45) is 17.2 Å². The number of rotatable bonds is 8. The van der Waals surface area contributed by atoms with E-state index in [4.69, 9.17) is 36.1 Å². The Morgan fingerprint density at radius 1 is 1.14 bits per heavy atom. The zero-order valence-corrected chi connectivity index (χ0v) is 20.7. The molecule has 16 nitrogen and oxygen atoms in total. The van der Waals surface area contributed by atoms with Crippen molar-refractivity contribution in [3.8, 4) is 0 Å². The highest BCUT2D eigenvalue weighted by Crippen LogP contribution is 2.35. The molecule has 1 saturated carbocycles. The standard InChI is InChI=1S/C19H38N4O12S/c1-6(24)14-13(27)12(26)10(22)18(33-14)34-15-7(21)3-8(23-36(2,30)31)11(25)16(15)35-19(29)5-32-9(4-20)17(19)28/h6-18,23-29H,3-5,20-22H2,1-2H3/t6-,7?,8-,9-,10?,11?,12?,13+,14?,15-,16?,17?,18-,19-/m1/s1. The van der Waals surface area contributed by atoms with Gasteiger partial charge in [-0.2, -0.15) is 0 Å². The van der Waals surface area contributed by atoms with E-state index in [0.29, 0.717) is 0 Å². The molecule has 36 heavy (non-hydrogen) atoms. The molecule has 1 aliphatic carbocycles. The van der Waals surface area contributed by atoms with Gasteiger partial charge in [-0.05, 0) is 13.3 Å². The molecule has 14 atom stereocenters. The Labute approximate surface area is 208 Å². The molecule has 2 aliphatic heterocycles. The number of sulfonamides is 1. The maximum Gasteiger partial charge on any atom is 0.219 e. The highest BCUT2D eigenvalue weighted by Gasteiger charge is 2.56. The van der Waals surface area contributed by atoms with Crippen LogP contribution >= 0.6 is 0 Å². The van der Waals surface area contributed by atoms with Crippen molar-refractivity contribution in [2.45, 2.75) is 98.5 Å². The number of ether oxygens (including phenoxy) is 4. The van der Waals surface area contributed by atoms with E-state index in [0.717, 1.165) is 6.26 Å². The smallest absolute Gasteiger partial charge is 0.219 e. The van der Waals surface area contributed by atoms with Crippen LogP contribution in [0.15, 0.2) is 0 Å². The van der Waals surface area contributed by atoms with Gasteiger partial charge in [0.2, 0.25) is 15.8 Å². The Hall–Kier alpha value is -0.610. The molecule has 7 unspecified atom stereocenters. The molecule has 3 aliphatic rings. The van der Waals surface area contributed by atoms with Crippen molar-refractivity contribution in [2.75, 3.05) is 19.4 Å². The summed E-state index contributed by atoms with van der Waals surface area (Å²) >= 11 is 0. The van der Waals surface area contributed by atoms with Gasteiger partial charge in [-0.3, -0.25) is 0 Å². The van der Waals surface area contributed by atoms with E-state index >= 15 is 0 Å². The normalized spacial score (nSPS) is 49.2. The molecule has 17 heteroatoms. The maximum absolute atomic E-state index is 11.8. The lowest BCUT2D eigenvalue weighted by atomic mass is 9.84. The molecular formula is C19H38N4O12S. The van der Waals surface area contributed by atoms with Crippen LogP contribution in [0, 0.1) is 0 Å². The monoisotopic (exact) mass is 546 g/mol. The second kappa shape index (κ2) is 11.2. The zero-order valence-electron chi connectivity index (χ0n) is 19.9. The first kappa shape index (κ1) is 29.9. The van der Waals surface area contributed by atoms with E-state index in [1.807, 2.05) is 0 Å². The van der Waals surface area contributed by atoms with Gasteiger partial charge in [0.1, 0.15) is 49.3 Å². The summed E-state index contributed by atoms with van der Waals surface area (Å²) in [6, 6.07) is -3.53. The molecule has 13 N–H and O–H groups in total. The summed E-state index contributed by atoms with van der Waals surface area (Å²) in [5.41, 5.74) is 17.8. The van der Waals surface area contributed by atoms with Crippen LogP contribution in [0.2, 0.25) is 0 Å². The van der Waals surface area contributed by atoms with Gasteiger partial charge in [-0.1, -0.05) is 0 Å². The molecular weight excluding hydrogens is 508 g/mol. The molecule has 3 fully saturated rings. The molecule has 0 bridgehead atoms. The van der Waals surface area contributed by atoms with Crippen LogP contribution in [0.1, 0.15) is 13.3 Å². The number of aliphatic hydroxyl groups is 6. The Bertz CT molecular complexity index is 854. The van der Waals surface area contributed by atoms with Crippen molar-refractivity contribution in [3.05, 3.63) is 0 Å². The number of hydrogen-bond donors (Lipinski definition) is 10. The van der Waals surface area contributed by atoms with E-state index in [1.54, 1.807) is 0 Å². The van der Waals surface area contributed by atoms with Crippen molar-refractivity contribution >= 4 is 10.0 Å². The maximum atomic E-state index is 11.8. The second-order valence-corrected chi connectivity index (χ2v) is 11.5. The van der Waals surface area contributed by atoms with Crippen LogP contribution in [0.5, 0.6) is 0 Å². The fourth-order valence-electron chi connectivity index (χ4n) is 4.76. The topological polar surface area (TPSA) is 283 Å². The predicted octanol–water partition coefficient (Wildman–Crippen LogP) is -6.67. The van der Waals surface area contributed by atoms with Crippen LogP contribution in [0.25, 0.3) is 0 Å². The summed E-state index contributed by atoms with van der Waals surface area (Å²) in [5.74, 6) is -2.36. The van der Waals surface area contributed by atoms with E-state index in [1.165, 1.54) is 6.92 Å². The third-order valence-electron chi connectivity index (χ3n) is 6.73.